The predicted octanol–water partition coefficient (Wildman–Crippen LogP) is 11.3. The maximum atomic E-state index is 11.8. The first-order valence-corrected chi connectivity index (χ1v) is 19.9. The number of unbranched alkanes of at least 4 members (excludes halogenated alkanes) is 14. The molecule has 0 spiro atoms. The second-order valence-electron chi connectivity index (χ2n) is 12.9. The van der Waals surface area contributed by atoms with Gasteiger partial charge in [-0.1, -0.05) is 144 Å². The van der Waals surface area contributed by atoms with Crippen molar-refractivity contribution < 1.29 is 24.5 Å². The first-order chi connectivity index (χ1) is 20.6. The van der Waals surface area contributed by atoms with Gasteiger partial charge in [0.1, 0.15) is 0 Å². The highest BCUT2D eigenvalue weighted by atomic mass is 32.2. The highest BCUT2D eigenvalue weighted by molar-refractivity contribution is 8.00. The third-order valence-electron chi connectivity index (χ3n) is 8.73. The number of ether oxygens (including phenoxy) is 1. The van der Waals surface area contributed by atoms with Gasteiger partial charge in [0.2, 0.25) is 0 Å². The summed E-state index contributed by atoms with van der Waals surface area (Å²) in [5.74, 6) is -2.31. The molecule has 0 aliphatic carbocycles. The van der Waals surface area contributed by atoms with Gasteiger partial charge in [-0.15, -0.1) is 0 Å². The number of carboxylic acid groups (broad SMARTS) is 2. The summed E-state index contributed by atoms with van der Waals surface area (Å²) in [7, 11) is 0. The number of hydrogen-bond donors (Lipinski definition) is 2. The van der Waals surface area contributed by atoms with Crippen LogP contribution < -0.4 is 0 Å². The Morgan fingerprint density at radius 2 is 0.814 bits per heavy atom. The summed E-state index contributed by atoms with van der Waals surface area (Å²) in [6.45, 7) is 13.6. The van der Waals surface area contributed by atoms with E-state index in [0.29, 0.717) is 36.6 Å². The molecule has 7 heteroatoms. The third kappa shape index (κ3) is 24.5. The second-order valence-corrected chi connectivity index (χ2v) is 16.3. The van der Waals surface area contributed by atoms with Crippen LogP contribution in [0.3, 0.4) is 0 Å². The van der Waals surface area contributed by atoms with Crippen molar-refractivity contribution in [1.29, 1.82) is 0 Å². The van der Waals surface area contributed by atoms with E-state index < -0.39 is 23.8 Å². The maximum Gasteiger partial charge on any atom is 0.307 e. The molecule has 0 aliphatic heterocycles. The van der Waals surface area contributed by atoms with Gasteiger partial charge in [-0.3, -0.25) is 9.59 Å². The molecule has 6 unspecified atom stereocenters. The van der Waals surface area contributed by atoms with E-state index in [-0.39, 0.29) is 10.5 Å². The van der Waals surface area contributed by atoms with Crippen LogP contribution in [0.2, 0.25) is 0 Å². The normalized spacial score (nSPS) is 16.0. The zero-order valence-corrected chi connectivity index (χ0v) is 30.6. The van der Waals surface area contributed by atoms with E-state index in [0.717, 1.165) is 12.8 Å². The summed E-state index contributed by atoms with van der Waals surface area (Å²) in [6.07, 6.45) is 24.6. The van der Waals surface area contributed by atoms with Gasteiger partial charge in [-0.2, -0.15) is 23.5 Å². The summed E-state index contributed by atoms with van der Waals surface area (Å²) < 4.78 is 6.01. The lowest BCUT2D eigenvalue weighted by Crippen LogP contribution is -2.27. The van der Waals surface area contributed by atoms with Crippen molar-refractivity contribution >= 4 is 35.5 Å². The average molecular weight is 647 g/mol. The summed E-state index contributed by atoms with van der Waals surface area (Å²) >= 11 is 3.62. The number of carboxylic acids is 2. The lowest BCUT2D eigenvalue weighted by molar-refractivity contribution is -0.142. The molecule has 2 N–H and O–H groups in total. The minimum Gasteiger partial charge on any atom is -0.481 e. The molecule has 0 aliphatic rings. The number of carbonyl (C=O) groups is 2. The average Bonchev–Trinajstić information content (AvgIpc) is 2.97. The van der Waals surface area contributed by atoms with Crippen LogP contribution in [0.15, 0.2) is 0 Å². The number of rotatable bonds is 32. The van der Waals surface area contributed by atoms with Gasteiger partial charge in [0.25, 0.3) is 0 Å². The lowest BCUT2D eigenvalue weighted by Gasteiger charge is -2.25. The van der Waals surface area contributed by atoms with Gasteiger partial charge in [0, 0.05) is 34.2 Å². The van der Waals surface area contributed by atoms with E-state index >= 15 is 0 Å². The largest absolute Gasteiger partial charge is 0.481 e. The van der Waals surface area contributed by atoms with Crippen LogP contribution in [0.5, 0.6) is 0 Å². The minimum absolute atomic E-state index is 0.0244. The fourth-order valence-corrected chi connectivity index (χ4v) is 8.52. The van der Waals surface area contributed by atoms with Gasteiger partial charge in [0.05, 0.1) is 11.8 Å². The standard InChI is InChI=1S/C36H70O5S2/c1-7-9-11-13-15-17-19-21-23-29(3)42-33(31(5)35(37)38)25-27-41-28-26-34(32(6)36(39)40)43-30(4)24-22-20-18-16-14-12-10-8-2/h29-34H,7-28H2,1-6H3,(H,37,38)(H,39,40). The minimum atomic E-state index is -0.742. The van der Waals surface area contributed by atoms with E-state index in [9.17, 15) is 19.8 Å². The quantitative estimate of drug-likeness (QED) is 0.0703. The molecule has 0 fully saturated rings. The van der Waals surface area contributed by atoms with Crippen LogP contribution >= 0.6 is 23.5 Å². The summed E-state index contributed by atoms with van der Waals surface area (Å²) in [4.78, 5) is 23.6. The Balaban J connectivity index is 4.47. The Bertz CT molecular complexity index is 608. The molecule has 5 nitrogen and oxygen atoms in total. The molecule has 0 aromatic rings. The van der Waals surface area contributed by atoms with Crippen molar-refractivity contribution in [3.63, 3.8) is 0 Å². The van der Waals surface area contributed by atoms with Crippen molar-refractivity contribution in [2.45, 2.75) is 191 Å². The van der Waals surface area contributed by atoms with Crippen LogP contribution in [0.25, 0.3) is 0 Å². The topological polar surface area (TPSA) is 83.8 Å². The molecule has 0 saturated carbocycles. The fraction of sp³-hybridized carbons (Fsp3) is 0.944. The van der Waals surface area contributed by atoms with Crippen LogP contribution in [0.4, 0.5) is 0 Å². The third-order valence-corrected chi connectivity index (χ3v) is 12.1. The molecule has 6 atom stereocenters. The smallest absolute Gasteiger partial charge is 0.307 e. The monoisotopic (exact) mass is 646 g/mol. The van der Waals surface area contributed by atoms with E-state index in [1.165, 1.54) is 103 Å². The molecule has 43 heavy (non-hydrogen) atoms. The van der Waals surface area contributed by atoms with Crippen LogP contribution in [0, 0.1) is 11.8 Å². The fourth-order valence-electron chi connectivity index (χ4n) is 5.56. The second kappa shape index (κ2) is 29.0. The van der Waals surface area contributed by atoms with Crippen LogP contribution in [-0.4, -0.2) is 56.4 Å². The van der Waals surface area contributed by atoms with Gasteiger partial charge < -0.3 is 14.9 Å². The Morgan fingerprint density at radius 1 is 0.512 bits per heavy atom. The first kappa shape index (κ1) is 42.6. The molecule has 0 amide bonds. The number of aliphatic carboxylic acids is 2. The molecule has 0 aromatic carbocycles. The molecule has 0 bridgehead atoms. The molecule has 0 rings (SSSR count). The summed E-state index contributed by atoms with van der Waals surface area (Å²) in [5.41, 5.74) is 0. The number of thioether (sulfide) groups is 2. The Labute approximate surface area is 275 Å². The summed E-state index contributed by atoms with van der Waals surface area (Å²) in [5, 5.41) is 20.3. The van der Waals surface area contributed by atoms with E-state index in [4.69, 9.17) is 4.74 Å². The SMILES string of the molecule is CCCCCCCCCCC(C)SC(CCOCCC(SC(C)CCCCCCCCCC)C(C)C(=O)O)C(C)C(=O)O. The van der Waals surface area contributed by atoms with Crippen molar-refractivity contribution in [1.82, 2.24) is 0 Å². The van der Waals surface area contributed by atoms with Gasteiger partial charge in [-0.25, -0.2) is 0 Å². The maximum absolute atomic E-state index is 11.8. The lowest BCUT2D eigenvalue weighted by atomic mass is 10.1. The number of hydrogen-bond acceptors (Lipinski definition) is 5. The zero-order chi connectivity index (χ0) is 32.3. The Hall–Kier alpha value is -0.400. The highest BCUT2D eigenvalue weighted by Crippen LogP contribution is 2.32. The molecular formula is C36H70O5S2. The first-order valence-electron chi connectivity index (χ1n) is 18.0. The van der Waals surface area contributed by atoms with Crippen LogP contribution in [0.1, 0.15) is 170 Å². The van der Waals surface area contributed by atoms with E-state index in [2.05, 4.69) is 27.7 Å². The van der Waals surface area contributed by atoms with E-state index in [1.807, 2.05) is 37.4 Å². The Morgan fingerprint density at radius 3 is 1.12 bits per heavy atom. The predicted molar refractivity (Wildman–Crippen MR) is 190 cm³/mol. The molecule has 0 heterocycles. The van der Waals surface area contributed by atoms with Crippen molar-refractivity contribution in [2.24, 2.45) is 11.8 Å². The highest BCUT2D eigenvalue weighted by Gasteiger charge is 2.27. The molecule has 256 valence electrons. The van der Waals surface area contributed by atoms with Crippen molar-refractivity contribution in [3.8, 4) is 0 Å². The zero-order valence-electron chi connectivity index (χ0n) is 29.0. The molecule has 0 aromatic heterocycles. The van der Waals surface area contributed by atoms with Crippen LogP contribution in [-0.2, 0) is 14.3 Å². The molecular weight excluding hydrogens is 577 g/mol. The molecule has 0 saturated heterocycles. The Kier molecular flexibility index (Phi) is 28.8. The summed E-state index contributed by atoms with van der Waals surface area (Å²) in [6, 6.07) is 0. The van der Waals surface area contributed by atoms with Crippen molar-refractivity contribution in [2.75, 3.05) is 13.2 Å². The van der Waals surface area contributed by atoms with Gasteiger partial charge >= 0.3 is 11.9 Å². The van der Waals surface area contributed by atoms with Crippen molar-refractivity contribution in [3.05, 3.63) is 0 Å². The van der Waals surface area contributed by atoms with Gasteiger partial charge in [-0.05, 0) is 25.7 Å². The van der Waals surface area contributed by atoms with E-state index in [1.54, 1.807) is 0 Å². The van der Waals surface area contributed by atoms with Gasteiger partial charge in [0.15, 0.2) is 0 Å². The molecule has 0 radical (unpaired) electrons.